The molecule has 2 aliphatic rings. The Kier molecular flexibility index (Phi) is 13.8. The van der Waals surface area contributed by atoms with Crippen LogP contribution in [-0.4, -0.2) is 82.9 Å². The average molecular weight is 986 g/mol. The van der Waals surface area contributed by atoms with E-state index >= 15 is 0 Å². The standard InChI is InChI=1S/C58H60N5O8P/c1-37(2)63(38(3)4)72(69-32-12-31-59)71-53-52-55(62-33-39(5)54(64)60-56(62)65)70-57(53,35-61(52)34-43-20-19-42-18-17-40-13-11-14-41-21-30-49(43)51(42)50(40)41)36-68-58(44-15-9-8-10-16-44,45-22-26-47(66-6)27-23-45)46-24-28-48(67-7)29-25-46/h8-11,13-30,33,37-38,52-53,55H,12,32,34-36H2,1-7H3,(H,60,64,65)/t52-,53+,55-,57-,72?/m1/s1. The van der Waals surface area contributed by atoms with E-state index in [0.717, 1.165) is 33.0 Å². The summed E-state index contributed by atoms with van der Waals surface area (Å²) in [5.41, 5.74) is 0.404. The number of ether oxygens (including phenoxy) is 4. The minimum atomic E-state index is -1.85. The van der Waals surface area contributed by atoms with Crippen LogP contribution >= 0.6 is 8.53 Å². The van der Waals surface area contributed by atoms with Crippen LogP contribution in [-0.2, 0) is 30.7 Å². The van der Waals surface area contributed by atoms with Crippen molar-refractivity contribution in [2.75, 3.05) is 34.0 Å². The molecule has 7 aromatic carbocycles. The number of aromatic nitrogens is 2. The molecular weight excluding hydrogens is 926 g/mol. The summed E-state index contributed by atoms with van der Waals surface area (Å²) in [7, 11) is 1.44. The van der Waals surface area contributed by atoms with E-state index in [-0.39, 0.29) is 31.7 Å². The first-order valence-electron chi connectivity index (χ1n) is 24.5. The number of hydrogen-bond acceptors (Lipinski definition) is 11. The van der Waals surface area contributed by atoms with Gasteiger partial charge < -0.3 is 28.0 Å². The molecular formula is C58H60N5O8P. The number of methoxy groups -OCH3 is 2. The van der Waals surface area contributed by atoms with Gasteiger partial charge in [0.15, 0.2) is 6.23 Å². The molecule has 0 spiro atoms. The van der Waals surface area contributed by atoms with Crippen molar-refractivity contribution in [3.05, 3.63) is 188 Å². The van der Waals surface area contributed by atoms with E-state index in [4.69, 9.17) is 28.0 Å². The number of hydrogen-bond donors (Lipinski definition) is 1. The second kappa shape index (κ2) is 20.2. The molecule has 2 aliphatic heterocycles. The lowest BCUT2D eigenvalue weighted by Crippen LogP contribution is -2.51. The van der Waals surface area contributed by atoms with Crippen molar-refractivity contribution in [1.29, 1.82) is 5.26 Å². The van der Waals surface area contributed by atoms with E-state index in [1.165, 1.54) is 26.1 Å². The van der Waals surface area contributed by atoms with Crippen molar-refractivity contribution in [2.45, 2.75) is 89.2 Å². The highest BCUT2D eigenvalue weighted by atomic mass is 31.2. The zero-order valence-electron chi connectivity index (χ0n) is 41.7. The second-order valence-corrected chi connectivity index (χ2v) is 20.8. The summed E-state index contributed by atoms with van der Waals surface area (Å²) in [5.74, 6) is 1.38. The molecule has 13 nitrogen and oxygen atoms in total. The van der Waals surface area contributed by atoms with Gasteiger partial charge in [-0.25, -0.2) is 9.46 Å². The van der Waals surface area contributed by atoms with Crippen LogP contribution < -0.4 is 20.7 Å². The monoisotopic (exact) mass is 985 g/mol. The Morgan fingerprint density at radius 3 is 2.00 bits per heavy atom. The number of likely N-dealkylation sites (tertiary alicyclic amines) is 1. The Balaban J connectivity index is 1.18. The van der Waals surface area contributed by atoms with Crippen molar-refractivity contribution < 1.29 is 28.0 Å². The predicted octanol–water partition coefficient (Wildman–Crippen LogP) is 10.6. The summed E-state index contributed by atoms with van der Waals surface area (Å²) in [5, 5.41) is 16.8. The molecule has 2 bridgehead atoms. The predicted molar refractivity (Wildman–Crippen MR) is 282 cm³/mol. The van der Waals surface area contributed by atoms with Crippen molar-refractivity contribution in [3.63, 3.8) is 0 Å². The number of aryl methyl sites for hydroxylation is 1. The number of aromatic amines is 1. The molecule has 5 atom stereocenters. The van der Waals surface area contributed by atoms with Crippen molar-refractivity contribution >= 4 is 40.8 Å². The maximum absolute atomic E-state index is 14.2. The van der Waals surface area contributed by atoms with Crippen molar-refractivity contribution in [3.8, 4) is 17.6 Å². The lowest BCUT2D eigenvalue weighted by molar-refractivity contribution is -0.178. The van der Waals surface area contributed by atoms with E-state index in [2.05, 4.69) is 115 Å². The van der Waals surface area contributed by atoms with Crippen molar-refractivity contribution in [1.82, 2.24) is 19.1 Å². The Bertz CT molecular complexity index is 3290. The van der Waals surface area contributed by atoms with Gasteiger partial charge >= 0.3 is 5.69 Å². The van der Waals surface area contributed by atoms with Gasteiger partial charge in [0.2, 0.25) is 0 Å². The van der Waals surface area contributed by atoms with Crippen LogP contribution in [0.2, 0.25) is 0 Å². The Morgan fingerprint density at radius 1 is 0.792 bits per heavy atom. The summed E-state index contributed by atoms with van der Waals surface area (Å²) in [6, 6.07) is 47.1. The first-order chi connectivity index (χ1) is 34.9. The van der Waals surface area contributed by atoms with E-state index in [0.29, 0.717) is 30.2 Å². The SMILES string of the molecule is COc1ccc(C(OC[C@@]23CN(Cc4ccc5ccc6cccc7ccc4c5c67)[C@@H]([C@H](n4cc(C)c(=O)[nH]c4=O)O2)[C@@H]3OP(OCCC#N)N(C(C)C)C(C)C)(c2ccccc2)c2ccc(OC)cc2)cc1. The lowest BCUT2D eigenvalue weighted by Gasteiger charge is -2.42. The van der Waals surface area contributed by atoms with Crippen molar-refractivity contribution in [2.24, 2.45) is 0 Å². The Labute approximate surface area is 420 Å². The maximum Gasteiger partial charge on any atom is 0.330 e. The molecule has 0 saturated carbocycles. The quantitative estimate of drug-likeness (QED) is 0.0358. The van der Waals surface area contributed by atoms with Crippen LogP contribution in [0.15, 0.2) is 149 Å². The third-order valence-corrected chi connectivity index (χ3v) is 16.5. The molecule has 0 aliphatic carbocycles. The summed E-state index contributed by atoms with van der Waals surface area (Å²) in [6.07, 6.45) is 0.0146. The molecule has 2 saturated heterocycles. The van der Waals surface area contributed by atoms with Gasteiger partial charge in [-0.05, 0) is 113 Å². The van der Waals surface area contributed by atoms with Crippen LogP contribution in [0, 0.1) is 18.3 Å². The summed E-state index contributed by atoms with van der Waals surface area (Å²) in [6.45, 7) is 11.0. The number of H-pyrrole nitrogens is 1. The molecule has 14 heteroatoms. The number of rotatable bonds is 19. The number of morpholine rings is 1. The fraction of sp³-hybridized carbons (Fsp3) is 0.328. The molecule has 2 fully saturated rings. The fourth-order valence-electron chi connectivity index (χ4n) is 11.1. The highest BCUT2D eigenvalue weighted by Crippen LogP contribution is 2.57. The Morgan fingerprint density at radius 2 is 1.39 bits per heavy atom. The Hall–Kier alpha value is -6.46. The third-order valence-electron chi connectivity index (χ3n) is 14.4. The van der Waals surface area contributed by atoms with Gasteiger partial charge in [0.25, 0.3) is 14.1 Å². The molecule has 370 valence electrons. The number of nitrogens with one attached hydrogen (secondary N) is 1. The topological polar surface area (TPSA) is 141 Å². The molecule has 1 unspecified atom stereocenters. The highest BCUT2D eigenvalue weighted by Gasteiger charge is 2.67. The largest absolute Gasteiger partial charge is 0.497 e. The first-order valence-corrected chi connectivity index (χ1v) is 25.7. The zero-order valence-corrected chi connectivity index (χ0v) is 42.6. The van der Waals surface area contributed by atoms with Crippen LogP contribution in [0.5, 0.6) is 11.5 Å². The number of benzene rings is 7. The van der Waals surface area contributed by atoms with E-state index < -0.39 is 49.4 Å². The van der Waals surface area contributed by atoms with Gasteiger partial charge in [0, 0.05) is 36.9 Å². The van der Waals surface area contributed by atoms with Crippen LogP contribution in [0.25, 0.3) is 32.3 Å². The summed E-state index contributed by atoms with van der Waals surface area (Å²) in [4.78, 5) is 32.1. The molecule has 0 amide bonds. The molecule has 8 aromatic rings. The molecule has 72 heavy (non-hydrogen) atoms. The van der Waals surface area contributed by atoms with Gasteiger partial charge in [-0.2, -0.15) is 5.26 Å². The fourth-order valence-corrected chi connectivity index (χ4v) is 12.9. The summed E-state index contributed by atoms with van der Waals surface area (Å²) < 4.78 is 44.5. The van der Waals surface area contributed by atoms with Gasteiger partial charge in [0.05, 0.1) is 46.0 Å². The second-order valence-electron chi connectivity index (χ2n) is 19.4. The van der Waals surface area contributed by atoms with E-state index in [1.54, 1.807) is 27.3 Å². The van der Waals surface area contributed by atoms with Gasteiger partial charge in [-0.3, -0.25) is 19.2 Å². The van der Waals surface area contributed by atoms with Gasteiger partial charge in [0.1, 0.15) is 28.8 Å². The smallest absolute Gasteiger partial charge is 0.330 e. The highest BCUT2D eigenvalue weighted by molar-refractivity contribution is 7.44. The molecule has 1 N–H and O–H groups in total. The molecule has 1 aromatic heterocycles. The lowest BCUT2D eigenvalue weighted by atomic mass is 9.79. The zero-order chi connectivity index (χ0) is 50.3. The molecule has 3 heterocycles. The van der Waals surface area contributed by atoms with Crippen LogP contribution in [0.4, 0.5) is 0 Å². The van der Waals surface area contributed by atoms with Gasteiger partial charge in [-0.1, -0.05) is 109 Å². The molecule has 10 rings (SSSR count). The normalized spacial score (nSPS) is 19.6. The van der Waals surface area contributed by atoms with Crippen LogP contribution in [0.1, 0.15) is 68.2 Å². The first kappa shape index (κ1) is 49.1. The average Bonchev–Trinajstić information content (AvgIpc) is 3.85. The number of nitriles is 1. The minimum Gasteiger partial charge on any atom is -0.497 e. The van der Waals surface area contributed by atoms with Gasteiger partial charge in [-0.15, -0.1) is 0 Å². The maximum atomic E-state index is 14.2. The van der Waals surface area contributed by atoms with Crippen LogP contribution in [0.3, 0.4) is 0 Å². The van der Waals surface area contributed by atoms with E-state index in [1.807, 2.05) is 66.7 Å². The number of nitrogens with zero attached hydrogens (tertiary/aromatic N) is 4. The summed E-state index contributed by atoms with van der Waals surface area (Å²) >= 11 is 0. The minimum absolute atomic E-state index is 0.00480. The number of fused-ring (bicyclic) bond motifs is 2. The third kappa shape index (κ3) is 8.75. The van der Waals surface area contributed by atoms with E-state index in [9.17, 15) is 14.9 Å². The molecule has 0 radical (unpaired) electrons.